The lowest BCUT2D eigenvalue weighted by Crippen LogP contribution is -2.28. The van der Waals surface area contributed by atoms with Crippen molar-refractivity contribution in [2.75, 3.05) is 5.32 Å². The van der Waals surface area contributed by atoms with E-state index in [0.717, 1.165) is 41.4 Å². The maximum Gasteiger partial charge on any atom is 0.171 e. The molecular weight excluding hydrogens is 380 g/mol. The molecular formula is C23H26N4OS. The summed E-state index contributed by atoms with van der Waals surface area (Å²) in [6, 6.07) is 16.3. The van der Waals surface area contributed by atoms with E-state index >= 15 is 0 Å². The fourth-order valence-electron chi connectivity index (χ4n) is 3.69. The molecule has 0 radical (unpaired) electrons. The predicted octanol–water partition coefficient (Wildman–Crippen LogP) is 4.99. The Kier molecular flexibility index (Phi) is 6.10. The van der Waals surface area contributed by atoms with E-state index in [0.29, 0.717) is 17.8 Å². The summed E-state index contributed by atoms with van der Waals surface area (Å²) in [6.07, 6.45) is 9.02. The lowest BCUT2D eigenvalue weighted by molar-refractivity contribution is 0.210. The Labute approximate surface area is 177 Å². The number of aryl methyl sites for hydroxylation is 1. The zero-order valence-electron chi connectivity index (χ0n) is 16.6. The second-order valence-corrected chi connectivity index (χ2v) is 7.74. The van der Waals surface area contributed by atoms with Gasteiger partial charge >= 0.3 is 0 Å². The monoisotopic (exact) mass is 406 g/mol. The number of benzene rings is 2. The molecule has 0 saturated heterocycles. The van der Waals surface area contributed by atoms with Gasteiger partial charge in [-0.15, -0.1) is 0 Å². The largest absolute Gasteiger partial charge is 0.490 e. The molecule has 0 aliphatic heterocycles. The van der Waals surface area contributed by atoms with Gasteiger partial charge in [-0.3, -0.25) is 0 Å². The van der Waals surface area contributed by atoms with E-state index in [1.807, 2.05) is 55.7 Å². The van der Waals surface area contributed by atoms with Crippen LogP contribution in [0, 0.1) is 6.92 Å². The quantitative estimate of drug-likeness (QED) is 0.565. The van der Waals surface area contributed by atoms with Gasteiger partial charge in [0.05, 0.1) is 11.8 Å². The summed E-state index contributed by atoms with van der Waals surface area (Å²) in [6.45, 7) is 2.62. The molecule has 0 unspecified atom stereocenters. The Bertz CT molecular complexity index is 961. The summed E-state index contributed by atoms with van der Waals surface area (Å²) in [7, 11) is 0. The summed E-state index contributed by atoms with van der Waals surface area (Å²) in [4.78, 5) is 4.32. The normalized spacial score (nSPS) is 14.0. The Morgan fingerprint density at radius 2 is 1.90 bits per heavy atom. The van der Waals surface area contributed by atoms with Gasteiger partial charge in [-0.25, -0.2) is 4.98 Å². The number of rotatable bonds is 6. The van der Waals surface area contributed by atoms with Crippen molar-refractivity contribution in [2.45, 2.75) is 45.3 Å². The molecule has 0 atom stereocenters. The zero-order valence-corrected chi connectivity index (χ0v) is 17.4. The minimum absolute atomic E-state index is 0.371. The molecule has 0 spiro atoms. The number of aromatic nitrogens is 2. The number of imidazole rings is 1. The molecule has 5 nitrogen and oxygen atoms in total. The van der Waals surface area contributed by atoms with E-state index in [9.17, 15) is 0 Å². The third-order valence-electron chi connectivity index (χ3n) is 5.23. The highest BCUT2D eigenvalue weighted by atomic mass is 32.1. The van der Waals surface area contributed by atoms with Crippen LogP contribution >= 0.6 is 12.2 Å². The minimum Gasteiger partial charge on any atom is -0.490 e. The van der Waals surface area contributed by atoms with Crippen LogP contribution < -0.4 is 15.4 Å². The number of anilines is 1. The number of para-hydroxylation sites is 1. The molecule has 150 valence electrons. The third kappa shape index (κ3) is 4.95. The van der Waals surface area contributed by atoms with Crippen LogP contribution in [0.1, 0.15) is 37.1 Å². The lowest BCUT2D eigenvalue weighted by atomic mass is 10.1. The second kappa shape index (κ2) is 9.09. The summed E-state index contributed by atoms with van der Waals surface area (Å²) >= 11 is 5.48. The van der Waals surface area contributed by atoms with Crippen LogP contribution in [0.15, 0.2) is 60.9 Å². The first-order valence-electron chi connectivity index (χ1n) is 10.1. The van der Waals surface area contributed by atoms with E-state index in [-0.39, 0.29) is 0 Å². The summed E-state index contributed by atoms with van der Waals surface area (Å²) in [5, 5.41) is 7.13. The molecule has 2 N–H and O–H groups in total. The van der Waals surface area contributed by atoms with Crippen molar-refractivity contribution in [1.82, 2.24) is 14.9 Å². The molecule has 6 heteroatoms. The second-order valence-electron chi connectivity index (χ2n) is 7.33. The van der Waals surface area contributed by atoms with Crippen molar-refractivity contribution in [3.8, 4) is 11.4 Å². The Hall–Kier alpha value is -2.86. The van der Waals surface area contributed by atoms with Crippen molar-refractivity contribution in [2.24, 2.45) is 0 Å². The molecule has 1 saturated carbocycles. The third-order valence-corrected chi connectivity index (χ3v) is 5.48. The highest BCUT2D eigenvalue weighted by Gasteiger charge is 2.16. The summed E-state index contributed by atoms with van der Waals surface area (Å²) in [5.41, 5.74) is 3.20. The van der Waals surface area contributed by atoms with E-state index in [1.165, 1.54) is 12.8 Å². The first kappa shape index (κ1) is 19.5. The number of ether oxygens (including phenoxy) is 1. The van der Waals surface area contributed by atoms with Crippen LogP contribution in [0.3, 0.4) is 0 Å². The maximum atomic E-state index is 6.02. The van der Waals surface area contributed by atoms with Gasteiger partial charge in [0, 0.05) is 24.6 Å². The summed E-state index contributed by atoms with van der Waals surface area (Å²) in [5.74, 6) is 1.88. The first-order valence-corrected chi connectivity index (χ1v) is 10.5. The fraction of sp³-hybridized carbons (Fsp3) is 0.304. The molecule has 0 amide bonds. The zero-order chi connectivity index (χ0) is 20.1. The standard InChI is InChI=1S/C23H26N4OS/c1-17-24-14-15-27(17)22-9-5-2-6-18(22)16-25-23(29)26-19-10-12-21(13-11-19)28-20-7-3-4-8-20/h2,5-6,9-15,20H,3-4,7-8,16H2,1H3,(H2,25,26,29). The van der Waals surface area contributed by atoms with Gasteiger partial charge < -0.3 is 19.9 Å². The maximum absolute atomic E-state index is 6.02. The van der Waals surface area contributed by atoms with Crippen LogP contribution in [0.5, 0.6) is 5.75 Å². The van der Waals surface area contributed by atoms with Gasteiger partial charge in [-0.1, -0.05) is 18.2 Å². The number of thiocarbonyl (C=S) groups is 1. The molecule has 2 aromatic carbocycles. The van der Waals surface area contributed by atoms with Crippen molar-refractivity contribution in [3.05, 3.63) is 72.3 Å². The van der Waals surface area contributed by atoms with Gasteiger partial charge in [0.1, 0.15) is 11.6 Å². The minimum atomic E-state index is 0.371. The van der Waals surface area contributed by atoms with Crippen LogP contribution in [0.25, 0.3) is 5.69 Å². The topological polar surface area (TPSA) is 51.1 Å². The van der Waals surface area contributed by atoms with Crippen molar-refractivity contribution >= 4 is 23.0 Å². The smallest absolute Gasteiger partial charge is 0.171 e. The Balaban J connectivity index is 1.33. The number of hydrogen-bond donors (Lipinski definition) is 2. The van der Waals surface area contributed by atoms with Gasteiger partial charge in [-0.05, 0) is 80.7 Å². The molecule has 1 aliphatic carbocycles. The molecule has 1 aliphatic rings. The molecule has 1 aromatic heterocycles. The molecule has 0 bridgehead atoms. The number of hydrogen-bond acceptors (Lipinski definition) is 3. The van der Waals surface area contributed by atoms with Crippen molar-refractivity contribution in [3.63, 3.8) is 0 Å². The van der Waals surface area contributed by atoms with Crippen LogP contribution in [-0.2, 0) is 6.54 Å². The number of nitrogens with one attached hydrogen (secondary N) is 2. The average Bonchev–Trinajstić information content (AvgIpc) is 3.40. The van der Waals surface area contributed by atoms with E-state index in [2.05, 4.69) is 32.3 Å². The average molecular weight is 407 g/mol. The van der Waals surface area contributed by atoms with E-state index in [1.54, 1.807) is 0 Å². The van der Waals surface area contributed by atoms with Gasteiger partial charge in [0.2, 0.25) is 0 Å². The van der Waals surface area contributed by atoms with E-state index in [4.69, 9.17) is 17.0 Å². The highest BCUT2D eigenvalue weighted by Crippen LogP contribution is 2.25. The molecule has 1 heterocycles. The van der Waals surface area contributed by atoms with Crippen LogP contribution in [0.4, 0.5) is 5.69 Å². The highest BCUT2D eigenvalue weighted by molar-refractivity contribution is 7.80. The van der Waals surface area contributed by atoms with Gasteiger partial charge in [0.25, 0.3) is 0 Å². The number of nitrogens with zero attached hydrogens (tertiary/aromatic N) is 2. The van der Waals surface area contributed by atoms with Gasteiger partial charge in [-0.2, -0.15) is 0 Å². The molecule has 29 heavy (non-hydrogen) atoms. The molecule has 4 rings (SSSR count). The Morgan fingerprint density at radius 1 is 1.14 bits per heavy atom. The SMILES string of the molecule is Cc1nccn1-c1ccccc1CNC(=S)Nc1ccc(OC2CCCC2)cc1. The Morgan fingerprint density at radius 3 is 2.62 bits per heavy atom. The first-order chi connectivity index (χ1) is 14.2. The molecule has 3 aromatic rings. The van der Waals surface area contributed by atoms with Crippen molar-refractivity contribution < 1.29 is 4.74 Å². The van der Waals surface area contributed by atoms with Crippen LogP contribution in [-0.4, -0.2) is 20.8 Å². The van der Waals surface area contributed by atoms with Gasteiger partial charge in [0.15, 0.2) is 5.11 Å². The van der Waals surface area contributed by atoms with Crippen molar-refractivity contribution in [1.29, 1.82) is 0 Å². The van der Waals surface area contributed by atoms with Crippen LogP contribution in [0.2, 0.25) is 0 Å². The van der Waals surface area contributed by atoms with E-state index < -0.39 is 0 Å². The molecule has 1 fully saturated rings. The predicted molar refractivity (Wildman–Crippen MR) is 121 cm³/mol. The summed E-state index contributed by atoms with van der Waals surface area (Å²) < 4.78 is 8.10. The fourth-order valence-corrected chi connectivity index (χ4v) is 3.88. The lowest BCUT2D eigenvalue weighted by Gasteiger charge is -2.15.